The summed E-state index contributed by atoms with van der Waals surface area (Å²) in [5, 5.41) is 3.82. The summed E-state index contributed by atoms with van der Waals surface area (Å²) in [5.74, 6) is -0.702. The average molecular weight is 393 g/mol. The first kappa shape index (κ1) is 19.2. The maximum Gasteiger partial charge on any atom is 0.359 e. The largest absolute Gasteiger partial charge is 0.456 e. The maximum atomic E-state index is 12.7. The Bertz CT molecular complexity index is 996. The molecule has 1 fully saturated rings. The first-order chi connectivity index (χ1) is 12.9. The molecule has 1 aromatic heterocycles. The average Bonchev–Trinajstić information content (AvgIpc) is 2.69. The van der Waals surface area contributed by atoms with Crippen LogP contribution in [-0.2, 0) is 33.2 Å². The van der Waals surface area contributed by atoms with Crippen LogP contribution >= 0.6 is 0 Å². The molecule has 10 heteroatoms. The van der Waals surface area contributed by atoms with Gasteiger partial charge in [0.15, 0.2) is 5.69 Å². The van der Waals surface area contributed by atoms with Crippen LogP contribution < -0.4 is 5.56 Å². The summed E-state index contributed by atoms with van der Waals surface area (Å²) in [6, 6.07) is 8.75. The van der Waals surface area contributed by atoms with E-state index in [9.17, 15) is 18.0 Å². The highest BCUT2D eigenvalue weighted by atomic mass is 32.2. The second kappa shape index (κ2) is 7.99. The van der Waals surface area contributed by atoms with Crippen LogP contribution in [0.2, 0.25) is 0 Å². The van der Waals surface area contributed by atoms with E-state index in [1.54, 1.807) is 12.1 Å². The SMILES string of the molecule is Cn1nc(C(=O)OCc2cccc(S(=O)(=O)N3CCOCC3)c2)ccc1=O. The molecule has 3 rings (SSSR count). The predicted octanol–water partition coefficient (Wildman–Crippen LogP) is 0.158. The molecule has 1 saturated heterocycles. The van der Waals surface area contributed by atoms with Crippen molar-refractivity contribution in [3.8, 4) is 0 Å². The van der Waals surface area contributed by atoms with Crippen molar-refractivity contribution >= 4 is 16.0 Å². The molecule has 1 aliphatic heterocycles. The first-order valence-corrected chi connectivity index (χ1v) is 9.70. The summed E-state index contributed by atoms with van der Waals surface area (Å²) in [6.07, 6.45) is 0. The molecule has 2 heterocycles. The predicted molar refractivity (Wildman–Crippen MR) is 94.6 cm³/mol. The summed E-state index contributed by atoms with van der Waals surface area (Å²) in [7, 11) is -2.19. The molecule has 0 amide bonds. The molecule has 0 atom stereocenters. The van der Waals surface area contributed by atoms with Gasteiger partial charge < -0.3 is 9.47 Å². The van der Waals surface area contributed by atoms with Crippen molar-refractivity contribution < 1.29 is 22.7 Å². The molecule has 1 aliphatic rings. The van der Waals surface area contributed by atoms with Crippen LogP contribution in [-0.4, -0.2) is 54.8 Å². The molecule has 0 bridgehead atoms. The maximum absolute atomic E-state index is 12.7. The molecule has 27 heavy (non-hydrogen) atoms. The first-order valence-electron chi connectivity index (χ1n) is 8.26. The van der Waals surface area contributed by atoms with E-state index >= 15 is 0 Å². The van der Waals surface area contributed by atoms with Gasteiger partial charge in [-0.15, -0.1) is 0 Å². The summed E-state index contributed by atoms with van der Waals surface area (Å²) < 4.78 is 38.1. The number of aromatic nitrogens is 2. The summed E-state index contributed by atoms with van der Waals surface area (Å²) in [6.45, 7) is 1.22. The zero-order valence-electron chi connectivity index (χ0n) is 14.7. The number of hydrogen-bond acceptors (Lipinski definition) is 7. The van der Waals surface area contributed by atoms with Crippen LogP contribution in [0, 0.1) is 0 Å². The summed E-state index contributed by atoms with van der Waals surface area (Å²) in [4.78, 5) is 23.5. The third-order valence-electron chi connectivity index (χ3n) is 4.05. The number of nitrogens with zero attached hydrogens (tertiary/aromatic N) is 3. The van der Waals surface area contributed by atoms with Gasteiger partial charge in [0.25, 0.3) is 5.56 Å². The number of morpholine rings is 1. The molecular formula is C17H19N3O6S. The van der Waals surface area contributed by atoms with Crippen molar-refractivity contribution in [3.05, 3.63) is 58.0 Å². The number of aryl methyl sites for hydroxylation is 1. The molecule has 1 aromatic carbocycles. The zero-order chi connectivity index (χ0) is 19.4. The van der Waals surface area contributed by atoms with Gasteiger partial charge in [0.1, 0.15) is 6.61 Å². The minimum atomic E-state index is -3.62. The Balaban J connectivity index is 1.71. The fourth-order valence-corrected chi connectivity index (χ4v) is 4.04. The van der Waals surface area contributed by atoms with Gasteiger partial charge in [-0.2, -0.15) is 9.40 Å². The van der Waals surface area contributed by atoms with E-state index in [4.69, 9.17) is 9.47 Å². The molecule has 0 saturated carbocycles. The molecule has 0 aliphatic carbocycles. The van der Waals surface area contributed by atoms with Crippen molar-refractivity contribution in [2.75, 3.05) is 26.3 Å². The van der Waals surface area contributed by atoms with Crippen molar-refractivity contribution in [1.29, 1.82) is 0 Å². The molecule has 9 nitrogen and oxygen atoms in total. The number of rotatable bonds is 5. The van der Waals surface area contributed by atoms with Gasteiger partial charge >= 0.3 is 5.97 Å². The Kier molecular flexibility index (Phi) is 5.68. The summed E-state index contributed by atoms with van der Waals surface area (Å²) >= 11 is 0. The van der Waals surface area contributed by atoms with Gasteiger partial charge in [0, 0.05) is 26.2 Å². The van der Waals surface area contributed by atoms with Gasteiger partial charge in [-0.3, -0.25) is 4.79 Å². The third kappa shape index (κ3) is 4.41. The molecule has 2 aromatic rings. The lowest BCUT2D eigenvalue weighted by molar-refractivity contribution is 0.0462. The number of hydrogen-bond donors (Lipinski definition) is 0. The molecule has 0 radical (unpaired) electrons. The third-order valence-corrected chi connectivity index (χ3v) is 5.94. The van der Waals surface area contributed by atoms with E-state index in [2.05, 4.69) is 5.10 Å². The van der Waals surface area contributed by atoms with Crippen molar-refractivity contribution in [3.63, 3.8) is 0 Å². The number of sulfonamides is 1. The number of ether oxygens (including phenoxy) is 2. The van der Waals surface area contributed by atoms with E-state index < -0.39 is 16.0 Å². The standard InChI is InChI=1S/C17H19N3O6S/c1-19-16(21)6-5-15(18-19)17(22)26-12-13-3-2-4-14(11-13)27(23,24)20-7-9-25-10-8-20/h2-6,11H,7-10,12H2,1H3. The quantitative estimate of drug-likeness (QED) is 0.666. The van der Waals surface area contributed by atoms with Crippen LogP contribution in [0.3, 0.4) is 0 Å². The highest BCUT2D eigenvalue weighted by Gasteiger charge is 2.26. The molecular weight excluding hydrogens is 374 g/mol. The Hall–Kier alpha value is -2.56. The fourth-order valence-electron chi connectivity index (χ4n) is 2.57. The molecule has 0 N–H and O–H groups in total. The van der Waals surface area contributed by atoms with Gasteiger partial charge in [-0.05, 0) is 23.8 Å². The second-order valence-corrected chi connectivity index (χ2v) is 7.86. The number of carbonyl (C=O) groups is 1. The van der Waals surface area contributed by atoms with Crippen molar-refractivity contribution in [2.45, 2.75) is 11.5 Å². The van der Waals surface area contributed by atoms with Gasteiger partial charge in [0.2, 0.25) is 10.0 Å². The lowest BCUT2D eigenvalue weighted by Crippen LogP contribution is -2.40. The van der Waals surface area contributed by atoms with Gasteiger partial charge in [-0.25, -0.2) is 17.9 Å². The normalized spacial score (nSPS) is 15.4. The highest BCUT2D eigenvalue weighted by Crippen LogP contribution is 2.19. The van der Waals surface area contributed by atoms with Crippen LogP contribution in [0.1, 0.15) is 16.1 Å². The lowest BCUT2D eigenvalue weighted by Gasteiger charge is -2.26. The van der Waals surface area contributed by atoms with Gasteiger partial charge in [-0.1, -0.05) is 12.1 Å². The minimum Gasteiger partial charge on any atom is -0.456 e. The Morgan fingerprint density at radius 1 is 1.22 bits per heavy atom. The van der Waals surface area contributed by atoms with Crippen molar-refractivity contribution in [2.24, 2.45) is 7.05 Å². The molecule has 144 valence electrons. The van der Waals surface area contributed by atoms with Gasteiger partial charge in [0.05, 0.1) is 18.1 Å². The number of benzene rings is 1. The van der Waals surface area contributed by atoms with Crippen LogP contribution in [0.15, 0.2) is 46.1 Å². The van der Waals surface area contributed by atoms with Crippen LogP contribution in [0.4, 0.5) is 0 Å². The Morgan fingerprint density at radius 3 is 2.67 bits per heavy atom. The fraction of sp³-hybridized carbons (Fsp3) is 0.353. The van der Waals surface area contributed by atoms with E-state index in [0.717, 1.165) is 4.68 Å². The van der Waals surface area contributed by atoms with E-state index in [1.165, 1.54) is 35.6 Å². The summed E-state index contributed by atoms with van der Waals surface area (Å²) in [5.41, 5.74) is 0.185. The van der Waals surface area contributed by atoms with E-state index in [1.807, 2.05) is 0 Å². The van der Waals surface area contributed by atoms with Crippen LogP contribution in [0.5, 0.6) is 0 Å². The molecule has 0 spiro atoms. The zero-order valence-corrected chi connectivity index (χ0v) is 15.5. The van der Waals surface area contributed by atoms with Crippen molar-refractivity contribution in [1.82, 2.24) is 14.1 Å². The monoisotopic (exact) mass is 393 g/mol. The van der Waals surface area contributed by atoms with Crippen LogP contribution in [0.25, 0.3) is 0 Å². The Morgan fingerprint density at radius 2 is 1.96 bits per heavy atom. The minimum absolute atomic E-state index is 0.00538. The lowest BCUT2D eigenvalue weighted by atomic mass is 10.2. The second-order valence-electron chi connectivity index (χ2n) is 5.92. The highest BCUT2D eigenvalue weighted by molar-refractivity contribution is 7.89. The topological polar surface area (TPSA) is 108 Å². The van der Waals surface area contributed by atoms with E-state index in [-0.39, 0.29) is 22.8 Å². The number of carbonyl (C=O) groups excluding carboxylic acids is 1. The smallest absolute Gasteiger partial charge is 0.359 e. The number of esters is 1. The van der Waals surface area contributed by atoms with E-state index in [0.29, 0.717) is 31.9 Å². The molecule has 0 unspecified atom stereocenters. The Labute approximate surface area is 156 Å².